The van der Waals surface area contributed by atoms with Gasteiger partial charge in [0.15, 0.2) is 6.61 Å². The summed E-state index contributed by atoms with van der Waals surface area (Å²) in [5, 5.41) is 2.51. The maximum atomic E-state index is 12.4. The first-order valence-electron chi connectivity index (χ1n) is 8.86. The van der Waals surface area contributed by atoms with Crippen molar-refractivity contribution in [1.29, 1.82) is 0 Å². The number of ketones is 1. The second-order valence-electron chi connectivity index (χ2n) is 6.64. The number of aryl methyl sites for hydroxylation is 1. The van der Waals surface area contributed by atoms with Crippen molar-refractivity contribution in [3.63, 3.8) is 0 Å². The number of hydrogen-bond acceptors (Lipinski definition) is 4. The molecule has 0 spiro atoms. The molecule has 1 amide bonds. The first kappa shape index (κ1) is 20.4. The number of hydrogen-bond donors (Lipinski definition) is 1. The second kappa shape index (κ2) is 9.12. The summed E-state index contributed by atoms with van der Waals surface area (Å²) in [7, 11) is 0. The molecule has 0 unspecified atom stereocenters. The lowest BCUT2D eigenvalue weighted by atomic mass is 9.93. The molecule has 0 saturated heterocycles. The zero-order valence-electron chi connectivity index (χ0n) is 16.2. The molecule has 0 radical (unpaired) electrons. The highest BCUT2D eigenvalue weighted by molar-refractivity contribution is 6.00. The van der Waals surface area contributed by atoms with Crippen molar-refractivity contribution < 1.29 is 19.1 Å². The van der Waals surface area contributed by atoms with Gasteiger partial charge < -0.3 is 10.1 Å². The molecule has 0 aliphatic carbocycles. The smallest absolute Gasteiger partial charge is 0.325 e. The number of esters is 1. The van der Waals surface area contributed by atoms with Gasteiger partial charge in [0.25, 0.3) is 0 Å². The van der Waals surface area contributed by atoms with E-state index in [0.717, 1.165) is 27.8 Å². The van der Waals surface area contributed by atoms with E-state index in [1.54, 1.807) is 0 Å². The average molecular weight is 367 g/mol. The molecule has 0 saturated carbocycles. The SMILES string of the molecule is Cc1cc(C(=O)COC(=O)CNC(=O)Cc2ccccc2)c(C)c(C)c1C. The fourth-order valence-electron chi connectivity index (χ4n) is 2.79. The number of rotatable bonds is 7. The molecule has 0 fully saturated rings. The second-order valence-corrected chi connectivity index (χ2v) is 6.64. The Morgan fingerprint density at radius 3 is 2.26 bits per heavy atom. The van der Waals surface area contributed by atoms with Crippen LogP contribution in [0, 0.1) is 27.7 Å². The summed E-state index contributed by atoms with van der Waals surface area (Å²) in [6, 6.07) is 11.1. The number of carbonyl (C=O) groups is 3. The lowest BCUT2D eigenvalue weighted by Crippen LogP contribution is -2.32. The van der Waals surface area contributed by atoms with E-state index in [-0.39, 0.29) is 31.3 Å². The number of benzene rings is 2. The predicted molar refractivity (Wildman–Crippen MR) is 104 cm³/mol. The molecule has 0 bridgehead atoms. The van der Waals surface area contributed by atoms with E-state index in [0.29, 0.717) is 5.56 Å². The zero-order chi connectivity index (χ0) is 20.0. The van der Waals surface area contributed by atoms with Crippen LogP contribution in [0.5, 0.6) is 0 Å². The zero-order valence-corrected chi connectivity index (χ0v) is 16.2. The van der Waals surface area contributed by atoms with Crippen LogP contribution in [0.3, 0.4) is 0 Å². The summed E-state index contributed by atoms with van der Waals surface area (Å²) in [5.74, 6) is -1.16. The fraction of sp³-hybridized carbons (Fsp3) is 0.318. The van der Waals surface area contributed by atoms with Crippen molar-refractivity contribution in [3.05, 3.63) is 69.8 Å². The maximum Gasteiger partial charge on any atom is 0.325 e. The van der Waals surface area contributed by atoms with Crippen molar-refractivity contribution in [3.8, 4) is 0 Å². The van der Waals surface area contributed by atoms with E-state index >= 15 is 0 Å². The van der Waals surface area contributed by atoms with Crippen LogP contribution in [0.4, 0.5) is 0 Å². The Morgan fingerprint density at radius 1 is 0.926 bits per heavy atom. The molecule has 27 heavy (non-hydrogen) atoms. The number of carbonyl (C=O) groups excluding carboxylic acids is 3. The van der Waals surface area contributed by atoms with Crippen LogP contribution in [-0.4, -0.2) is 30.8 Å². The van der Waals surface area contributed by atoms with Gasteiger partial charge in [0.1, 0.15) is 6.54 Å². The topological polar surface area (TPSA) is 72.5 Å². The maximum absolute atomic E-state index is 12.4. The minimum Gasteiger partial charge on any atom is -0.456 e. The lowest BCUT2D eigenvalue weighted by molar-refractivity contribution is -0.142. The van der Waals surface area contributed by atoms with Crippen LogP contribution in [0.2, 0.25) is 0 Å². The number of Topliss-reactive ketones (excluding diaryl/α,β-unsaturated/α-hetero) is 1. The third-order valence-electron chi connectivity index (χ3n) is 4.78. The molecule has 0 aromatic heterocycles. The quantitative estimate of drug-likeness (QED) is 0.603. The van der Waals surface area contributed by atoms with E-state index in [1.807, 2.05) is 64.1 Å². The van der Waals surface area contributed by atoms with Crippen molar-refractivity contribution in [2.45, 2.75) is 34.1 Å². The number of amides is 1. The van der Waals surface area contributed by atoms with Crippen LogP contribution < -0.4 is 5.32 Å². The minimum atomic E-state index is -0.636. The Labute approximate surface area is 159 Å². The van der Waals surface area contributed by atoms with Gasteiger partial charge in [0, 0.05) is 5.56 Å². The van der Waals surface area contributed by atoms with E-state index in [9.17, 15) is 14.4 Å². The van der Waals surface area contributed by atoms with Gasteiger partial charge in [-0.2, -0.15) is 0 Å². The minimum absolute atomic E-state index is 0.189. The monoisotopic (exact) mass is 367 g/mol. The number of nitrogens with one attached hydrogen (secondary N) is 1. The van der Waals surface area contributed by atoms with Gasteiger partial charge in [-0.15, -0.1) is 0 Å². The standard InChI is InChI=1S/C22H25NO4/c1-14-10-19(17(4)16(3)15(14)2)20(24)13-27-22(26)12-23-21(25)11-18-8-6-5-7-9-18/h5-10H,11-13H2,1-4H3,(H,23,25). The number of ether oxygens (including phenoxy) is 1. The van der Waals surface area contributed by atoms with Gasteiger partial charge in [-0.25, -0.2) is 0 Å². The first-order chi connectivity index (χ1) is 12.8. The third-order valence-corrected chi connectivity index (χ3v) is 4.78. The highest BCUT2D eigenvalue weighted by Crippen LogP contribution is 2.21. The Bertz CT molecular complexity index is 856. The van der Waals surface area contributed by atoms with Crippen LogP contribution in [0.1, 0.15) is 38.2 Å². The summed E-state index contributed by atoms with van der Waals surface area (Å²) in [6.45, 7) is 7.24. The Balaban J connectivity index is 1.83. The molecule has 0 aliphatic heterocycles. The van der Waals surface area contributed by atoms with Crippen molar-refractivity contribution in [1.82, 2.24) is 5.32 Å². The predicted octanol–water partition coefficient (Wildman–Crippen LogP) is 3.01. The van der Waals surface area contributed by atoms with Gasteiger partial charge in [-0.05, 0) is 61.6 Å². The first-order valence-corrected chi connectivity index (χ1v) is 8.86. The van der Waals surface area contributed by atoms with E-state index < -0.39 is 5.97 Å². The van der Waals surface area contributed by atoms with Gasteiger partial charge in [-0.3, -0.25) is 14.4 Å². The van der Waals surface area contributed by atoms with Crippen LogP contribution in [0.25, 0.3) is 0 Å². The summed E-state index contributed by atoms with van der Waals surface area (Å²) in [4.78, 5) is 36.1. The molecular formula is C22H25NO4. The van der Waals surface area contributed by atoms with Crippen LogP contribution in [0.15, 0.2) is 36.4 Å². The summed E-state index contributed by atoms with van der Waals surface area (Å²) in [6.07, 6.45) is 0.189. The molecule has 2 rings (SSSR count). The normalized spacial score (nSPS) is 10.4. The Kier molecular flexibility index (Phi) is 6.88. The molecule has 1 N–H and O–H groups in total. The van der Waals surface area contributed by atoms with Gasteiger partial charge >= 0.3 is 5.97 Å². The fourth-order valence-corrected chi connectivity index (χ4v) is 2.79. The molecule has 2 aromatic rings. The Hall–Kier alpha value is -2.95. The largest absolute Gasteiger partial charge is 0.456 e. The molecule has 5 heteroatoms. The molecule has 2 aromatic carbocycles. The van der Waals surface area contributed by atoms with Crippen molar-refractivity contribution in [2.24, 2.45) is 0 Å². The van der Waals surface area contributed by atoms with E-state index in [2.05, 4.69) is 5.32 Å². The lowest BCUT2D eigenvalue weighted by Gasteiger charge is -2.13. The summed E-state index contributed by atoms with van der Waals surface area (Å²) in [5.41, 5.74) is 5.58. The molecule has 5 nitrogen and oxygen atoms in total. The van der Waals surface area contributed by atoms with E-state index in [4.69, 9.17) is 4.74 Å². The summed E-state index contributed by atoms with van der Waals surface area (Å²) >= 11 is 0. The van der Waals surface area contributed by atoms with Gasteiger partial charge in [-0.1, -0.05) is 30.3 Å². The van der Waals surface area contributed by atoms with Crippen LogP contribution >= 0.6 is 0 Å². The third kappa shape index (κ3) is 5.51. The van der Waals surface area contributed by atoms with Crippen molar-refractivity contribution >= 4 is 17.7 Å². The average Bonchev–Trinajstić information content (AvgIpc) is 2.66. The van der Waals surface area contributed by atoms with Gasteiger partial charge in [0.2, 0.25) is 11.7 Å². The van der Waals surface area contributed by atoms with Gasteiger partial charge in [0.05, 0.1) is 6.42 Å². The summed E-state index contributed by atoms with van der Waals surface area (Å²) < 4.78 is 5.02. The van der Waals surface area contributed by atoms with E-state index in [1.165, 1.54) is 0 Å². The highest BCUT2D eigenvalue weighted by Gasteiger charge is 2.16. The molecule has 0 aliphatic rings. The molecular weight excluding hydrogens is 342 g/mol. The van der Waals surface area contributed by atoms with Crippen LogP contribution in [-0.2, 0) is 20.7 Å². The Morgan fingerprint density at radius 2 is 1.59 bits per heavy atom. The molecule has 0 heterocycles. The molecule has 0 atom stereocenters. The van der Waals surface area contributed by atoms with Crippen molar-refractivity contribution in [2.75, 3.05) is 13.2 Å². The molecule has 142 valence electrons. The highest BCUT2D eigenvalue weighted by atomic mass is 16.5.